The monoisotopic (exact) mass is 331 g/mol. The standard InChI is InChI=1S/C21H21N3O/c25-21(18-6-8-20-17(15-18)3-1-11-23-20)24-14-2-4-19(24)7-5-16-9-12-22-13-10-16/h1,3,6,8-13,15,19H,2,4-5,7,14H2. The third-order valence-corrected chi connectivity index (χ3v) is 5.00. The summed E-state index contributed by atoms with van der Waals surface area (Å²) in [6, 6.07) is 14.1. The van der Waals surface area contributed by atoms with Crippen molar-refractivity contribution in [3.8, 4) is 0 Å². The molecule has 0 saturated carbocycles. The second kappa shape index (κ2) is 7.01. The Hall–Kier alpha value is -2.75. The van der Waals surface area contributed by atoms with Gasteiger partial charge in [0.05, 0.1) is 5.52 Å². The van der Waals surface area contributed by atoms with E-state index in [4.69, 9.17) is 0 Å². The summed E-state index contributed by atoms with van der Waals surface area (Å²) in [5, 5.41) is 1.01. The van der Waals surface area contributed by atoms with Gasteiger partial charge in [0.15, 0.2) is 0 Å². The molecule has 1 fully saturated rings. The Morgan fingerprint density at radius 1 is 1.12 bits per heavy atom. The van der Waals surface area contributed by atoms with E-state index in [0.29, 0.717) is 6.04 Å². The second-order valence-corrected chi connectivity index (χ2v) is 6.60. The molecule has 0 radical (unpaired) electrons. The maximum absolute atomic E-state index is 13.0. The van der Waals surface area contributed by atoms with Crippen LogP contribution in [-0.2, 0) is 6.42 Å². The number of hydrogen-bond donors (Lipinski definition) is 0. The molecule has 4 heteroatoms. The van der Waals surface area contributed by atoms with Crippen LogP contribution in [0.15, 0.2) is 61.1 Å². The van der Waals surface area contributed by atoms with Crippen LogP contribution in [0.2, 0.25) is 0 Å². The third kappa shape index (κ3) is 3.38. The van der Waals surface area contributed by atoms with Gasteiger partial charge in [-0.3, -0.25) is 14.8 Å². The Kier molecular flexibility index (Phi) is 4.42. The van der Waals surface area contributed by atoms with E-state index in [-0.39, 0.29) is 5.91 Å². The highest BCUT2D eigenvalue weighted by Gasteiger charge is 2.29. The molecule has 1 aliphatic heterocycles. The fourth-order valence-electron chi connectivity index (χ4n) is 3.66. The molecule has 1 amide bonds. The van der Waals surface area contributed by atoms with E-state index in [0.717, 1.165) is 48.7 Å². The van der Waals surface area contributed by atoms with Crippen LogP contribution in [0.25, 0.3) is 10.9 Å². The molecule has 2 aromatic heterocycles. The number of aromatic nitrogens is 2. The smallest absolute Gasteiger partial charge is 0.254 e. The summed E-state index contributed by atoms with van der Waals surface area (Å²) in [6.45, 7) is 0.852. The summed E-state index contributed by atoms with van der Waals surface area (Å²) in [5.41, 5.74) is 2.97. The van der Waals surface area contributed by atoms with Gasteiger partial charge in [0.25, 0.3) is 5.91 Å². The first-order chi connectivity index (χ1) is 12.3. The molecule has 0 N–H and O–H groups in total. The van der Waals surface area contributed by atoms with Gasteiger partial charge in [-0.15, -0.1) is 0 Å². The minimum atomic E-state index is 0.142. The van der Waals surface area contributed by atoms with E-state index in [1.165, 1.54) is 5.56 Å². The van der Waals surface area contributed by atoms with Crippen molar-refractivity contribution in [2.24, 2.45) is 0 Å². The molecule has 1 unspecified atom stereocenters. The number of rotatable bonds is 4. The van der Waals surface area contributed by atoms with Crippen molar-refractivity contribution in [3.63, 3.8) is 0 Å². The fraction of sp³-hybridized carbons (Fsp3) is 0.286. The molecular weight excluding hydrogens is 310 g/mol. The van der Waals surface area contributed by atoms with Crippen LogP contribution in [0, 0.1) is 0 Å². The minimum absolute atomic E-state index is 0.142. The highest BCUT2D eigenvalue weighted by atomic mass is 16.2. The van der Waals surface area contributed by atoms with Gasteiger partial charge >= 0.3 is 0 Å². The third-order valence-electron chi connectivity index (χ3n) is 5.00. The normalized spacial score (nSPS) is 17.1. The topological polar surface area (TPSA) is 46.1 Å². The fourth-order valence-corrected chi connectivity index (χ4v) is 3.66. The Labute approximate surface area is 147 Å². The summed E-state index contributed by atoms with van der Waals surface area (Å²) in [6.07, 6.45) is 9.60. The maximum Gasteiger partial charge on any atom is 0.254 e. The van der Waals surface area contributed by atoms with Crippen LogP contribution in [0.5, 0.6) is 0 Å². The number of pyridine rings is 2. The van der Waals surface area contributed by atoms with E-state index < -0.39 is 0 Å². The number of nitrogens with zero attached hydrogens (tertiary/aromatic N) is 3. The first kappa shape index (κ1) is 15.8. The van der Waals surface area contributed by atoms with Crippen LogP contribution in [-0.4, -0.2) is 33.4 Å². The highest BCUT2D eigenvalue weighted by molar-refractivity contribution is 5.98. The number of likely N-dealkylation sites (tertiary alicyclic amines) is 1. The molecule has 1 atom stereocenters. The Bertz CT molecular complexity index is 878. The molecule has 126 valence electrons. The summed E-state index contributed by atoms with van der Waals surface area (Å²) in [5.74, 6) is 0.142. The van der Waals surface area contributed by atoms with Gasteiger partial charge in [-0.25, -0.2) is 0 Å². The van der Waals surface area contributed by atoms with E-state index in [2.05, 4.69) is 27.0 Å². The van der Waals surface area contributed by atoms with E-state index in [1.807, 2.05) is 42.7 Å². The number of carbonyl (C=O) groups excluding carboxylic acids is 1. The van der Waals surface area contributed by atoms with Crippen molar-refractivity contribution in [3.05, 3.63) is 72.2 Å². The largest absolute Gasteiger partial charge is 0.336 e. The lowest BCUT2D eigenvalue weighted by Crippen LogP contribution is -2.35. The molecule has 4 rings (SSSR count). The highest BCUT2D eigenvalue weighted by Crippen LogP contribution is 2.25. The number of fused-ring (bicyclic) bond motifs is 1. The SMILES string of the molecule is O=C(c1ccc2ncccc2c1)N1CCCC1CCc1ccncc1. The predicted octanol–water partition coefficient (Wildman–Crippen LogP) is 3.87. The zero-order chi connectivity index (χ0) is 17.1. The molecule has 1 aromatic carbocycles. The minimum Gasteiger partial charge on any atom is -0.336 e. The van der Waals surface area contributed by atoms with E-state index in [9.17, 15) is 4.79 Å². The molecule has 1 saturated heterocycles. The van der Waals surface area contributed by atoms with Gasteiger partial charge in [-0.2, -0.15) is 0 Å². The average Bonchev–Trinajstić information content (AvgIpc) is 3.15. The lowest BCUT2D eigenvalue weighted by Gasteiger charge is -2.25. The number of benzene rings is 1. The van der Waals surface area contributed by atoms with Crippen molar-refractivity contribution in [2.75, 3.05) is 6.54 Å². The number of amides is 1. The Balaban J connectivity index is 1.49. The number of aryl methyl sites for hydroxylation is 1. The van der Waals surface area contributed by atoms with Gasteiger partial charge in [0.1, 0.15) is 0 Å². The first-order valence-electron chi connectivity index (χ1n) is 8.86. The van der Waals surface area contributed by atoms with Gasteiger partial charge in [0, 0.05) is 42.1 Å². The van der Waals surface area contributed by atoms with Crippen molar-refractivity contribution in [2.45, 2.75) is 31.7 Å². The van der Waals surface area contributed by atoms with Crippen molar-refractivity contribution < 1.29 is 4.79 Å². The van der Waals surface area contributed by atoms with Crippen molar-refractivity contribution in [1.82, 2.24) is 14.9 Å². The Morgan fingerprint density at radius 3 is 2.88 bits per heavy atom. The Morgan fingerprint density at radius 2 is 2.00 bits per heavy atom. The van der Waals surface area contributed by atoms with Gasteiger partial charge in [-0.1, -0.05) is 6.07 Å². The predicted molar refractivity (Wildman–Crippen MR) is 98.4 cm³/mol. The summed E-state index contributed by atoms with van der Waals surface area (Å²) in [7, 11) is 0. The zero-order valence-corrected chi connectivity index (χ0v) is 14.1. The quantitative estimate of drug-likeness (QED) is 0.729. The molecule has 25 heavy (non-hydrogen) atoms. The second-order valence-electron chi connectivity index (χ2n) is 6.60. The molecule has 3 heterocycles. The molecular formula is C21H21N3O. The van der Waals surface area contributed by atoms with Crippen molar-refractivity contribution in [1.29, 1.82) is 0 Å². The zero-order valence-electron chi connectivity index (χ0n) is 14.1. The average molecular weight is 331 g/mol. The lowest BCUT2D eigenvalue weighted by atomic mass is 10.0. The van der Waals surface area contributed by atoms with Gasteiger partial charge in [0.2, 0.25) is 0 Å². The lowest BCUT2D eigenvalue weighted by molar-refractivity contribution is 0.0731. The van der Waals surface area contributed by atoms with Gasteiger partial charge in [-0.05, 0) is 67.6 Å². The molecule has 0 aliphatic carbocycles. The van der Waals surface area contributed by atoms with E-state index >= 15 is 0 Å². The van der Waals surface area contributed by atoms with Crippen LogP contribution in [0.4, 0.5) is 0 Å². The summed E-state index contributed by atoms with van der Waals surface area (Å²) in [4.78, 5) is 23.5. The van der Waals surface area contributed by atoms with Gasteiger partial charge < -0.3 is 4.90 Å². The molecule has 4 nitrogen and oxygen atoms in total. The molecule has 0 bridgehead atoms. The molecule has 3 aromatic rings. The summed E-state index contributed by atoms with van der Waals surface area (Å²) >= 11 is 0. The van der Waals surface area contributed by atoms with E-state index in [1.54, 1.807) is 6.20 Å². The van der Waals surface area contributed by atoms with Crippen LogP contribution in [0.1, 0.15) is 35.2 Å². The number of carbonyl (C=O) groups is 1. The summed E-state index contributed by atoms with van der Waals surface area (Å²) < 4.78 is 0. The maximum atomic E-state index is 13.0. The molecule has 1 aliphatic rings. The van der Waals surface area contributed by atoms with Crippen LogP contribution >= 0.6 is 0 Å². The number of hydrogen-bond acceptors (Lipinski definition) is 3. The van der Waals surface area contributed by atoms with Crippen molar-refractivity contribution >= 4 is 16.8 Å². The first-order valence-corrected chi connectivity index (χ1v) is 8.86. The van der Waals surface area contributed by atoms with Crippen LogP contribution in [0.3, 0.4) is 0 Å². The van der Waals surface area contributed by atoms with Crippen LogP contribution < -0.4 is 0 Å². The molecule has 0 spiro atoms.